The van der Waals surface area contributed by atoms with Crippen LogP contribution in [-0.4, -0.2) is 59.1 Å². The number of hydrogen-bond acceptors (Lipinski definition) is 6. The molecule has 0 spiro atoms. The van der Waals surface area contributed by atoms with Crippen molar-refractivity contribution in [2.75, 3.05) is 40.4 Å². The Balaban J connectivity index is 0.00000242. The second-order valence-electron chi connectivity index (χ2n) is 4.51. The predicted molar refractivity (Wildman–Crippen MR) is 83.2 cm³/mol. The molecule has 1 aliphatic rings. The Labute approximate surface area is 136 Å². The molecule has 2 rings (SSSR count). The van der Waals surface area contributed by atoms with Gasteiger partial charge in [0.2, 0.25) is 10.0 Å². The number of ether oxygens (including phenoxy) is 2. The molecular weight excluding hydrogens is 332 g/mol. The molecule has 1 aromatic carbocycles. The Hall–Kier alpha value is -1.35. The number of esters is 1. The summed E-state index contributed by atoms with van der Waals surface area (Å²) in [5, 5.41) is 3.10. The highest BCUT2D eigenvalue weighted by molar-refractivity contribution is 7.89. The van der Waals surface area contributed by atoms with Gasteiger partial charge in [0.25, 0.3) is 0 Å². The third kappa shape index (κ3) is 3.70. The minimum absolute atomic E-state index is 0. The van der Waals surface area contributed by atoms with E-state index in [2.05, 4.69) is 10.1 Å². The van der Waals surface area contributed by atoms with Gasteiger partial charge in [0.15, 0.2) is 0 Å². The number of rotatable bonds is 4. The number of benzene rings is 1. The minimum Gasteiger partial charge on any atom is -0.495 e. The largest absolute Gasteiger partial charge is 0.495 e. The van der Waals surface area contributed by atoms with Crippen LogP contribution in [-0.2, 0) is 14.8 Å². The van der Waals surface area contributed by atoms with Crippen LogP contribution in [0.2, 0.25) is 0 Å². The minimum atomic E-state index is -3.64. The molecule has 22 heavy (non-hydrogen) atoms. The number of carbonyl (C=O) groups is 1. The third-order valence-corrected chi connectivity index (χ3v) is 5.22. The number of nitrogens with one attached hydrogen (secondary N) is 1. The average molecular weight is 351 g/mol. The molecule has 1 aromatic rings. The molecule has 9 heteroatoms. The zero-order chi connectivity index (χ0) is 15.5. The topological polar surface area (TPSA) is 84.9 Å². The summed E-state index contributed by atoms with van der Waals surface area (Å²) in [6.45, 7) is 2.04. The summed E-state index contributed by atoms with van der Waals surface area (Å²) in [6, 6.07) is 4.17. The van der Waals surface area contributed by atoms with Crippen molar-refractivity contribution in [1.82, 2.24) is 9.62 Å². The van der Waals surface area contributed by atoms with Crippen LogP contribution < -0.4 is 10.1 Å². The molecule has 1 heterocycles. The molecule has 0 bridgehead atoms. The molecule has 124 valence electrons. The lowest BCUT2D eigenvalue weighted by atomic mass is 10.2. The zero-order valence-corrected chi connectivity index (χ0v) is 14.0. The van der Waals surface area contributed by atoms with Crippen LogP contribution in [0, 0.1) is 0 Å². The van der Waals surface area contributed by atoms with Crippen LogP contribution in [0.25, 0.3) is 0 Å². The van der Waals surface area contributed by atoms with Crippen LogP contribution in [0.3, 0.4) is 0 Å². The van der Waals surface area contributed by atoms with Crippen LogP contribution in [0.15, 0.2) is 23.1 Å². The van der Waals surface area contributed by atoms with Gasteiger partial charge in [0, 0.05) is 26.2 Å². The zero-order valence-electron chi connectivity index (χ0n) is 12.4. The lowest BCUT2D eigenvalue weighted by Gasteiger charge is -2.27. The summed E-state index contributed by atoms with van der Waals surface area (Å²) < 4.78 is 36.4. The number of carbonyl (C=O) groups excluding carboxylic acids is 1. The Bertz CT molecular complexity index is 629. The van der Waals surface area contributed by atoms with Crippen molar-refractivity contribution in [3.8, 4) is 5.75 Å². The van der Waals surface area contributed by atoms with E-state index in [9.17, 15) is 13.2 Å². The van der Waals surface area contributed by atoms with E-state index in [0.717, 1.165) is 0 Å². The third-order valence-electron chi connectivity index (χ3n) is 3.28. The van der Waals surface area contributed by atoms with Gasteiger partial charge in [-0.2, -0.15) is 4.31 Å². The first-order valence-electron chi connectivity index (χ1n) is 6.48. The first-order chi connectivity index (χ1) is 10.0. The number of piperazine rings is 1. The maximum atomic E-state index is 12.6. The summed E-state index contributed by atoms with van der Waals surface area (Å²) in [5.74, 6) is -0.407. The Morgan fingerprint density at radius 1 is 1.23 bits per heavy atom. The van der Waals surface area contributed by atoms with E-state index in [0.29, 0.717) is 26.2 Å². The first kappa shape index (κ1) is 18.7. The van der Waals surface area contributed by atoms with Crippen LogP contribution in [0.5, 0.6) is 5.75 Å². The molecule has 0 unspecified atom stereocenters. The van der Waals surface area contributed by atoms with Crippen LogP contribution >= 0.6 is 12.4 Å². The van der Waals surface area contributed by atoms with Gasteiger partial charge in [-0.1, -0.05) is 0 Å². The monoisotopic (exact) mass is 350 g/mol. The number of sulfonamides is 1. The van der Waals surface area contributed by atoms with Gasteiger partial charge in [-0.3, -0.25) is 0 Å². The number of nitrogens with zero attached hydrogens (tertiary/aromatic N) is 1. The SMILES string of the molecule is COC(=O)c1ccc(S(=O)(=O)N2CCNCC2)c(OC)c1.Cl. The van der Waals surface area contributed by atoms with E-state index in [1.54, 1.807) is 0 Å². The van der Waals surface area contributed by atoms with Gasteiger partial charge in [0.05, 0.1) is 19.8 Å². The van der Waals surface area contributed by atoms with Crippen molar-refractivity contribution in [1.29, 1.82) is 0 Å². The van der Waals surface area contributed by atoms with Crippen molar-refractivity contribution in [3.05, 3.63) is 23.8 Å². The van der Waals surface area contributed by atoms with Gasteiger partial charge >= 0.3 is 5.97 Å². The number of hydrogen-bond donors (Lipinski definition) is 1. The highest BCUT2D eigenvalue weighted by Crippen LogP contribution is 2.28. The van der Waals surface area contributed by atoms with Crippen molar-refractivity contribution in [2.24, 2.45) is 0 Å². The average Bonchev–Trinajstić information content (AvgIpc) is 2.54. The van der Waals surface area contributed by atoms with E-state index < -0.39 is 16.0 Å². The molecule has 0 atom stereocenters. The van der Waals surface area contributed by atoms with Gasteiger partial charge in [-0.25, -0.2) is 13.2 Å². The second kappa shape index (κ2) is 7.77. The summed E-state index contributed by atoms with van der Waals surface area (Å²) in [6.07, 6.45) is 0. The fourth-order valence-electron chi connectivity index (χ4n) is 2.15. The molecule has 0 radical (unpaired) electrons. The molecule has 7 nitrogen and oxygen atoms in total. The lowest BCUT2D eigenvalue weighted by molar-refractivity contribution is 0.0600. The number of methoxy groups -OCH3 is 2. The van der Waals surface area contributed by atoms with Gasteiger partial charge in [-0.05, 0) is 18.2 Å². The van der Waals surface area contributed by atoms with Crippen molar-refractivity contribution < 1.29 is 22.7 Å². The summed E-state index contributed by atoms with van der Waals surface area (Å²) in [4.78, 5) is 11.6. The van der Waals surface area contributed by atoms with Crippen LogP contribution in [0.1, 0.15) is 10.4 Å². The maximum Gasteiger partial charge on any atom is 0.337 e. The Morgan fingerprint density at radius 3 is 2.41 bits per heavy atom. The molecule has 1 aliphatic heterocycles. The quantitative estimate of drug-likeness (QED) is 0.796. The highest BCUT2D eigenvalue weighted by Gasteiger charge is 2.29. The van der Waals surface area contributed by atoms with Crippen molar-refractivity contribution >= 4 is 28.4 Å². The fraction of sp³-hybridized carbons (Fsp3) is 0.462. The van der Waals surface area contributed by atoms with E-state index >= 15 is 0 Å². The normalized spacial score (nSPS) is 15.7. The molecule has 0 aromatic heterocycles. The molecule has 0 amide bonds. The smallest absolute Gasteiger partial charge is 0.337 e. The first-order valence-corrected chi connectivity index (χ1v) is 7.92. The van der Waals surface area contributed by atoms with Gasteiger partial charge in [0.1, 0.15) is 10.6 Å². The standard InChI is InChI=1S/C13H18N2O5S.ClH/c1-19-11-9-10(13(16)20-2)3-4-12(11)21(17,18)15-7-5-14-6-8-15;/h3-4,9,14H,5-8H2,1-2H3;1H. The van der Waals surface area contributed by atoms with Gasteiger partial charge < -0.3 is 14.8 Å². The van der Waals surface area contributed by atoms with Crippen molar-refractivity contribution in [3.63, 3.8) is 0 Å². The second-order valence-corrected chi connectivity index (χ2v) is 6.42. The summed E-state index contributed by atoms with van der Waals surface area (Å²) in [7, 11) is -1.01. The molecule has 1 saturated heterocycles. The lowest BCUT2D eigenvalue weighted by Crippen LogP contribution is -2.46. The Morgan fingerprint density at radius 2 is 1.86 bits per heavy atom. The predicted octanol–water partition coefficient (Wildman–Crippen LogP) is 0.498. The number of halogens is 1. The molecular formula is C13H19ClN2O5S. The van der Waals surface area contributed by atoms with Crippen molar-refractivity contribution in [2.45, 2.75) is 4.90 Å². The maximum absolute atomic E-state index is 12.6. The van der Waals surface area contributed by atoms with E-state index in [4.69, 9.17) is 4.74 Å². The molecule has 0 aliphatic carbocycles. The van der Waals surface area contributed by atoms with Gasteiger partial charge in [-0.15, -0.1) is 12.4 Å². The molecule has 1 N–H and O–H groups in total. The highest BCUT2D eigenvalue weighted by atomic mass is 35.5. The molecule has 0 saturated carbocycles. The Kier molecular flexibility index (Phi) is 6.61. The van der Waals surface area contributed by atoms with Crippen LogP contribution in [0.4, 0.5) is 0 Å². The summed E-state index contributed by atoms with van der Waals surface area (Å²) >= 11 is 0. The van der Waals surface area contributed by atoms with E-state index in [1.165, 1.54) is 36.7 Å². The summed E-state index contributed by atoms with van der Waals surface area (Å²) in [5.41, 5.74) is 0.244. The fourth-order valence-corrected chi connectivity index (χ4v) is 3.73. The van der Waals surface area contributed by atoms with E-state index in [1.807, 2.05) is 0 Å². The van der Waals surface area contributed by atoms with E-state index in [-0.39, 0.29) is 28.6 Å². The molecule has 1 fully saturated rings.